The zero-order valence-electron chi connectivity index (χ0n) is 18.2. The molecule has 172 valence electrons. The third kappa shape index (κ3) is 4.46. The Hall–Kier alpha value is -3.50. The summed E-state index contributed by atoms with van der Waals surface area (Å²) in [5.41, 5.74) is 2.45. The lowest BCUT2D eigenvalue weighted by Crippen LogP contribution is -2.40. The first-order valence-corrected chi connectivity index (χ1v) is 12.5. The largest absolute Gasteiger partial charge is 0.451 e. The highest BCUT2D eigenvalue weighted by atomic mass is 32.2. The van der Waals surface area contributed by atoms with Gasteiger partial charge in [0.1, 0.15) is 10.6 Å². The van der Waals surface area contributed by atoms with Crippen molar-refractivity contribution in [3.8, 4) is 0 Å². The molecule has 4 aromatic rings. The number of anilines is 2. The van der Waals surface area contributed by atoms with E-state index in [1.165, 1.54) is 28.0 Å². The van der Waals surface area contributed by atoms with Gasteiger partial charge in [0.15, 0.2) is 10.1 Å². The molecule has 1 saturated heterocycles. The molecule has 0 radical (unpaired) electrons. The molecule has 0 bridgehead atoms. The molecule has 8 nitrogen and oxygen atoms in total. The Morgan fingerprint density at radius 3 is 2.53 bits per heavy atom. The second-order valence-electron chi connectivity index (χ2n) is 7.76. The van der Waals surface area contributed by atoms with Crippen LogP contribution in [0.25, 0.3) is 11.0 Å². The van der Waals surface area contributed by atoms with E-state index in [9.17, 15) is 14.4 Å². The van der Waals surface area contributed by atoms with Gasteiger partial charge in [-0.1, -0.05) is 41.3 Å². The minimum absolute atomic E-state index is 0.205. The Balaban J connectivity index is 1.37. The average molecular weight is 493 g/mol. The van der Waals surface area contributed by atoms with Gasteiger partial charge in [-0.2, -0.15) is 0 Å². The van der Waals surface area contributed by atoms with E-state index in [0.717, 1.165) is 20.3 Å². The van der Waals surface area contributed by atoms with Crippen molar-refractivity contribution in [3.05, 3.63) is 64.9 Å². The molecule has 2 aromatic heterocycles. The number of thioether (sulfide) groups is 1. The first kappa shape index (κ1) is 22.3. The number of nitrogens with one attached hydrogen (secondary N) is 1. The van der Waals surface area contributed by atoms with Crippen LogP contribution in [-0.4, -0.2) is 27.9 Å². The smallest absolute Gasteiger partial charge is 0.291 e. The van der Waals surface area contributed by atoms with Gasteiger partial charge in [0, 0.05) is 35.2 Å². The topological polar surface area (TPSA) is 105 Å². The van der Waals surface area contributed by atoms with Crippen LogP contribution in [0.5, 0.6) is 0 Å². The molecule has 3 amide bonds. The second kappa shape index (κ2) is 9.40. The van der Waals surface area contributed by atoms with E-state index in [2.05, 4.69) is 15.5 Å². The predicted molar refractivity (Wildman–Crippen MR) is 131 cm³/mol. The van der Waals surface area contributed by atoms with Crippen molar-refractivity contribution < 1.29 is 18.8 Å². The number of amides is 3. The number of para-hydroxylation sites is 1. The van der Waals surface area contributed by atoms with Crippen LogP contribution in [-0.2, 0) is 15.3 Å². The van der Waals surface area contributed by atoms with Gasteiger partial charge in [-0.25, -0.2) is 0 Å². The van der Waals surface area contributed by atoms with Crippen LogP contribution in [0.15, 0.2) is 57.3 Å². The van der Waals surface area contributed by atoms with Crippen molar-refractivity contribution >= 4 is 63.2 Å². The van der Waals surface area contributed by atoms with E-state index in [0.29, 0.717) is 42.0 Å². The quantitative estimate of drug-likeness (QED) is 0.292. The number of aryl methyl sites for hydroxylation is 1. The summed E-state index contributed by atoms with van der Waals surface area (Å²) in [6, 6.07) is 14.2. The Labute approximate surface area is 203 Å². The Bertz CT molecular complexity index is 1380. The van der Waals surface area contributed by atoms with E-state index in [-0.39, 0.29) is 23.5 Å². The van der Waals surface area contributed by atoms with Gasteiger partial charge in [-0.05, 0) is 43.7 Å². The summed E-state index contributed by atoms with van der Waals surface area (Å²) in [6.45, 7) is 1.90. The van der Waals surface area contributed by atoms with Crippen molar-refractivity contribution in [2.24, 2.45) is 0 Å². The minimum Gasteiger partial charge on any atom is -0.451 e. The van der Waals surface area contributed by atoms with Crippen molar-refractivity contribution in [3.63, 3.8) is 0 Å². The highest BCUT2D eigenvalue weighted by Crippen LogP contribution is 2.33. The number of carbonyl (C=O) groups is 3. The van der Waals surface area contributed by atoms with Crippen LogP contribution in [0.4, 0.5) is 11.4 Å². The number of nitrogens with zero attached hydrogens (tertiary/aromatic N) is 3. The normalized spacial score (nSPS) is 14.1. The molecule has 0 aliphatic carbocycles. The van der Waals surface area contributed by atoms with E-state index in [4.69, 9.17) is 4.42 Å². The van der Waals surface area contributed by atoms with Crippen LogP contribution in [0.3, 0.4) is 0 Å². The number of imide groups is 1. The lowest BCUT2D eigenvalue weighted by molar-refractivity contribution is -0.129. The van der Waals surface area contributed by atoms with Crippen molar-refractivity contribution in [2.75, 3.05) is 10.2 Å². The first-order valence-electron chi connectivity index (χ1n) is 10.7. The monoisotopic (exact) mass is 492 g/mol. The molecule has 0 spiro atoms. The highest BCUT2D eigenvalue weighted by Gasteiger charge is 2.27. The lowest BCUT2D eigenvalue weighted by atomic mass is 10.1. The number of piperidine rings is 1. The van der Waals surface area contributed by atoms with Gasteiger partial charge in [-0.3, -0.25) is 19.3 Å². The number of benzene rings is 2. The molecule has 34 heavy (non-hydrogen) atoms. The third-order valence-corrected chi connectivity index (χ3v) is 7.41. The van der Waals surface area contributed by atoms with Crippen molar-refractivity contribution in [1.82, 2.24) is 10.2 Å². The molecular formula is C24H20N4O4S2. The highest BCUT2D eigenvalue weighted by molar-refractivity contribution is 8.00. The zero-order chi connectivity index (χ0) is 23.7. The van der Waals surface area contributed by atoms with Gasteiger partial charge in [0.05, 0.1) is 5.69 Å². The summed E-state index contributed by atoms with van der Waals surface area (Å²) < 4.78 is 6.74. The zero-order valence-corrected chi connectivity index (χ0v) is 19.9. The van der Waals surface area contributed by atoms with Gasteiger partial charge in [0.2, 0.25) is 11.8 Å². The summed E-state index contributed by atoms with van der Waals surface area (Å²) in [7, 11) is 0. The lowest BCUT2D eigenvalue weighted by Gasteiger charge is -2.24. The predicted octanol–water partition coefficient (Wildman–Crippen LogP) is 5.18. The molecule has 1 fully saturated rings. The SMILES string of the molecule is Cc1nnc(SCc2c(C(=O)Nc3ccc(N4C(=O)CCCC4=O)cc3)oc3ccccc23)s1. The molecular weight excluding hydrogens is 472 g/mol. The fraction of sp³-hybridized carbons (Fsp3) is 0.208. The molecule has 0 atom stereocenters. The summed E-state index contributed by atoms with van der Waals surface area (Å²) >= 11 is 3.01. The summed E-state index contributed by atoms with van der Waals surface area (Å²) in [6.07, 6.45) is 1.29. The van der Waals surface area contributed by atoms with Gasteiger partial charge in [-0.15, -0.1) is 10.2 Å². The number of carbonyl (C=O) groups excluding carboxylic acids is 3. The number of aromatic nitrogens is 2. The maximum atomic E-state index is 13.2. The number of hydrogen-bond donors (Lipinski definition) is 1. The fourth-order valence-electron chi connectivity index (χ4n) is 3.82. The second-order valence-corrected chi connectivity index (χ2v) is 10.2. The fourth-order valence-corrected chi connectivity index (χ4v) is 5.66. The average Bonchev–Trinajstić information content (AvgIpc) is 3.42. The standard InChI is InChI=1S/C24H20N4O4S2/c1-14-26-27-24(34-14)33-13-18-17-5-2-3-6-19(17)32-22(18)23(31)25-15-9-11-16(12-10-15)28-20(29)7-4-8-21(28)30/h2-3,5-6,9-12H,4,7-8,13H2,1H3,(H,25,31). The number of hydrogen-bond acceptors (Lipinski definition) is 8. The summed E-state index contributed by atoms with van der Waals surface area (Å²) in [5, 5.41) is 12.8. The number of rotatable bonds is 6. The Morgan fingerprint density at radius 2 is 1.82 bits per heavy atom. The first-order chi connectivity index (χ1) is 16.5. The maximum Gasteiger partial charge on any atom is 0.291 e. The summed E-state index contributed by atoms with van der Waals surface area (Å²) in [5.74, 6) is -0.0448. The molecule has 1 aliphatic rings. The third-order valence-electron chi connectivity index (χ3n) is 5.42. The van der Waals surface area contributed by atoms with E-state index in [1.54, 1.807) is 24.3 Å². The molecule has 0 unspecified atom stereocenters. The van der Waals surface area contributed by atoms with Gasteiger partial charge in [0.25, 0.3) is 5.91 Å². The molecule has 5 rings (SSSR count). The summed E-state index contributed by atoms with van der Waals surface area (Å²) in [4.78, 5) is 38.7. The van der Waals surface area contributed by atoms with Crippen LogP contribution in [0.2, 0.25) is 0 Å². The van der Waals surface area contributed by atoms with Crippen molar-refractivity contribution in [1.29, 1.82) is 0 Å². The van der Waals surface area contributed by atoms with Crippen LogP contribution in [0.1, 0.15) is 40.4 Å². The van der Waals surface area contributed by atoms with E-state index >= 15 is 0 Å². The Kier molecular flexibility index (Phi) is 6.16. The van der Waals surface area contributed by atoms with Crippen LogP contribution >= 0.6 is 23.1 Å². The van der Waals surface area contributed by atoms with E-state index < -0.39 is 0 Å². The van der Waals surface area contributed by atoms with Crippen LogP contribution in [0, 0.1) is 6.92 Å². The molecule has 10 heteroatoms. The Morgan fingerprint density at radius 1 is 1.09 bits per heavy atom. The van der Waals surface area contributed by atoms with E-state index in [1.807, 2.05) is 31.2 Å². The van der Waals surface area contributed by atoms with Crippen LogP contribution < -0.4 is 10.2 Å². The van der Waals surface area contributed by atoms with Gasteiger partial charge < -0.3 is 9.73 Å². The molecule has 1 aliphatic heterocycles. The van der Waals surface area contributed by atoms with Gasteiger partial charge >= 0.3 is 0 Å². The molecule has 2 aromatic carbocycles. The molecule has 3 heterocycles. The molecule has 0 saturated carbocycles. The number of fused-ring (bicyclic) bond motifs is 1. The minimum atomic E-state index is -0.377. The van der Waals surface area contributed by atoms with Crippen molar-refractivity contribution in [2.45, 2.75) is 36.3 Å². The maximum absolute atomic E-state index is 13.2. The number of furan rings is 1. The molecule has 1 N–H and O–H groups in total.